The van der Waals surface area contributed by atoms with Crippen molar-refractivity contribution in [1.82, 2.24) is 19.8 Å². The summed E-state index contributed by atoms with van der Waals surface area (Å²) in [5.41, 5.74) is 0.688. The standard InChI is InChI=1S/C11H16N4O/c1-14-7-13-6-10(14)11(16)15-3-2-8-4-12-5-9(8)15/h6-9,12H,2-5H2,1H3/t8-,9+/m0/s1. The molecule has 86 valence electrons. The van der Waals surface area contributed by atoms with E-state index in [-0.39, 0.29) is 5.91 Å². The zero-order valence-electron chi connectivity index (χ0n) is 9.39. The molecule has 0 saturated carbocycles. The summed E-state index contributed by atoms with van der Waals surface area (Å²) in [6, 6.07) is 0.391. The zero-order valence-corrected chi connectivity index (χ0v) is 9.39. The number of nitrogens with one attached hydrogen (secondary N) is 1. The van der Waals surface area contributed by atoms with E-state index in [1.54, 1.807) is 17.1 Å². The van der Waals surface area contributed by atoms with Gasteiger partial charge in [-0.2, -0.15) is 0 Å². The number of amides is 1. The minimum atomic E-state index is 0.121. The summed E-state index contributed by atoms with van der Waals surface area (Å²) < 4.78 is 1.79. The molecule has 3 rings (SSSR count). The number of nitrogens with zero attached hydrogens (tertiary/aromatic N) is 3. The molecule has 16 heavy (non-hydrogen) atoms. The van der Waals surface area contributed by atoms with Crippen molar-refractivity contribution >= 4 is 5.91 Å². The Morgan fingerprint density at radius 2 is 2.44 bits per heavy atom. The van der Waals surface area contributed by atoms with Crippen LogP contribution in [0.4, 0.5) is 0 Å². The number of rotatable bonds is 1. The molecule has 5 nitrogen and oxygen atoms in total. The summed E-state index contributed by atoms with van der Waals surface area (Å²) in [6.45, 7) is 2.88. The molecule has 1 aromatic heterocycles. The molecule has 2 fully saturated rings. The highest BCUT2D eigenvalue weighted by Gasteiger charge is 2.40. The molecule has 0 bridgehead atoms. The third-order valence-corrected chi connectivity index (χ3v) is 3.74. The fourth-order valence-corrected chi connectivity index (χ4v) is 2.81. The molecule has 0 aliphatic carbocycles. The van der Waals surface area contributed by atoms with Crippen LogP contribution in [0.2, 0.25) is 0 Å². The molecule has 2 aliphatic rings. The maximum absolute atomic E-state index is 12.3. The van der Waals surface area contributed by atoms with E-state index < -0.39 is 0 Å². The Bertz CT molecular complexity index is 414. The van der Waals surface area contributed by atoms with Crippen molar-refractivity contribution in [3.63, 3.8) is 0 Å². The third-order valence-electron chi connectivity index (χ3n) is 3.74. The summed E-state index contributed by atoms with van der Waals surface area (Å²) in [5, 5.41) is 3.35. The minimum Gasteiger partial charge on any atom is -0.333 e. The zero-order chi connectivity index (χ0) is 11.1. The second-order valence-electron chi connectivity index (χ2n) is 4.66. The van der Waals surface area contributed by atoms with Crippen molar-refractivity contribution in [2.75, 3.05) is 19.6 Å². The fraction of sp³-hybridized carbons (Fsp3) is 0.636. The van der Waals surface area contributed by atoms with E-state index in [9.17, 15) is 4.79 Å². The normalized spacial score (nSPS) is 28.4. The van der Waals surface area contributed by atoms with Gasteiger partial charge in [-0.05, 0) is 12.3 Å². The lowest BCUT2D eigenvalue weighted by molar-refractivity contribution is 0.0727. The van der Waals surface area contributed by atoms with Crippen LogP contribution >= 0.6 is 0 Å². The number of carbonyl (C=O) groups is 1. The average molecular weight is 220 g/mol. The first kappa shape index (κ1) is 9.84. The SMILES string of the molecule is Cn1cncc1C(=O)N1CC[C@H]2CNC[C@H]21. The van der Waals surface area contributed by atoms with Gasteiger partial charge in [-0.3, -0.25) is 4.79 Å². The van der Waals surface area contributed by atoms with Crippen molar-refractivity contribution in [1.29, 1.82) is 0 Å². The van der Waals surface area contributed by atoms with Crippen LogP contribution in [-0.4, -0.2) is 46.0 Å². The monoisotopic (exact) mass is 220 g/mol. The maximum Gasteiger partial charge on any atom is 0.272 e. The Hall–Kier alpha value is -1.36. The van der Waals surface area contributed by atoms with Gasteiger partial charge in [-0.25, -0.2) is 4.98 Å². The largest absolute Gasteiger partial charge is 0.333 e. The van der Waals surface area contributed by atoms with Gasteiger partial charge < -0.3 is 14.8 Å². The van der Waals surface area contributed by atoms with Crippen LogP contribution in [0, 0.1) is 5.92 Å². The second-order valence-corrected chi connectivity index (χ2v) is 4.66. The van der Waals surface area contributed by atoms with Gasteiger partial charge in [0.2, 0.25) is 0 Å². The molecule has 1 N–H and O–H groups in total. The van der Waals surface area contributed by atoms with Gasteiger partial charge in [0, 0.05) is 32.7 Å². The summed E-state index contributed by atoms with van der Waals surface area (Å²) in [6.07, 6.45) is 4.45. The summed E-state index contributed by atoms with van der Waals surface area (Å²) in [7, 11) is 1.86. The quantitative estimate of drug-likeness (QED) is 0.716. The van der Waals surface area contributed by atoms with Crippen molar-refractivity contribution in [2.45, 2.75) is 12.5 Å². The summed E-state index contributed by atoms with van der Waals surface area (Å²) in [5.74, 6) is 0.772. The van der Waals surface area contributed by atoms with Crippen molar-refractivity contribution in [3.05, 3.63) is 18.2 Å². The Morgan fingerprint density at radius 3 is 3.19 bits per heavy atom. The molecule has 1 amide bonds. The number of aromatic nitrogens is 2. The highest BCUT2D eigenvalue weighted by Crippen LogP contribution is 2.28. The van der Waals surface area contributed by atoms with E-state index in [2.05, 4.69) is 10.3 Å². The number of imidazole rings is 1. The number of fused-ring (bicyclic) bond motifs is 1. The number of hydrogen-bond donors (Lipinski definition) is 1. The molecular weight excluding hydrogens is 204 g/mol. The summed E-state index contributed by atoms with van der Waals surface area (Å²) in [4.78, 5) is 18.3. The number of aryl methyl sites for hydroxylation is 1. The van der Waals surface area contributed by atoms with E-state index in [0.29, 0.717) is 17.7 Å². The molecule has 2 atom stereocenters. The van der Waals surface area contributed by atoms with E-state index in [4.69, 9.17) is 0 Å². The lowest BCUT2D eigenvalue weighted by atomic mass is 10.1. The lowest BCUT2D eigenvalue weighted by Crippen LogP contribution is -2.39. The Labute approximate surface area is 94.4 Å². The molecule has 5 heteroatoms. The first-order valence-electron chi connectivity index (χ1n) is 5.75. The first-order chi connectivity index (χ1) is 7.77. The topological polar surface area (TPSA) is 50.2 Å². The van der Waals surface area contributed by atoms with E-state index in [0.717, 1.165) is 26.1 Å². The highest BCUT2D eigenvalue weighted by atomic mass is 16.2. The molecule has 0 radical (unpaired) electrons. The number of carbonyl (C=O) groups excluding carboxylic acids is 1. The van der Waals surface area contributed by atoms with E-state index >= 15 is 0 Å². The van der Waals surface area contributed by atoms with Gasteiger partial charge in [0.1, 0.15) is 5.69 Å². The molecule has 0 unspecified atom stereocenters. The molecule has 2 aliphatic heterocycles. The van der Waals surface area contributed by atoms with Crippen molar-refractivity contribution < 1.29 is 4.79 Å². The van der Waals surface area contributed by atoms with Crippen LogP contribution in [0.3, 0.4) is 0 Å². The van der Waals surface area contributed by atoms with Gasteiger partial charge in [0.05, 0.1) is 12.5 Å². The summed E-state index contributed by atoms with van der Waals surface area (Å²) >= 11 is 0. The van der Waals surface area contributed by atoms with Crippen LogP contribution in [0.15, 0.2) is 12.5 Å². The molecule has 0 spiro atoms. The van der Waals surface area contributed by atoms with Gasteiger partial charge in [-0.15, -0.1) is 0 Å². The molecule has 0 aromatic carbocycles. The predicted molar refractivity (Wildman–Crippen MR) is 59.0 cm³/mol. The van der Waals surface area contributed by atoms with Gasteiger partial charge in [-0.1, -0.05) is 0 Å². The van der Waals surface area contributed by atoms with Crippen LogP contribution in [0.5, 0.6) is 0 Å². The van der Waals surface area contributed by atoms with Crippen molar-refractivity contribution in [3.8, 4) is 0 Å². The van der Waals surface area contributed by atoms with Gasteiger partial charge in [0.25, 0.3) is 5.91 Å². The molecule has 1 aromatic rings. The fourth-order valence-electron chi connectivity index (χ4n) is 2.81. The molecule has 3 heterocycles. The van der Waals surface area contributed by atoms with E-state index in [1.807, 2.05) is 11.9 Å². The predicted octanol–water partition coefficient (Wildman–Crippen LogP) is -0.146. The average Bonchev–Trinajstić information content (AvgIpc) is 2.90. The molecular formula is C11H16N4O. The minimum absolute atomic E-state index is 0.121. The van der Waals surface area contributed by atoms with E-state index in [1.165, 1.54) is 0 Å². The second kappa shape index (κ2) is 3.59. The lowest BCUT2D eigenvalue weighted by Gasteiger charge is -2.23. The van der Waals surface area contributed by atoms with Gasteiger partial charge >= 0.3 is 0 Å². The van der Waals surface area contributed by atoms with Crippen LogP contribution in [0.25, 0.3) is 0 Å². The third kappa shape index (κ3) is 1.35. The smallest absolute Gasteiger partial charge is 0.272 e. The highest BCUT2D eigenvalue weighted by molar-refractivity contribution is 5.92. The maximum atomic E-state index is 12.3. The van der Waals surface area contributed by atoms with Crippen LogP contribution in [0.1, 0.15) is 16.9 Å². The van der Waals surface area contributed by atoms with Crippen LogP contribution < -0.4 is 5.32 Å². The number of likely N-dealkylation sites (tertiary alicyclic amines) is 1. The Kier molecular flexibility index (Phi) is 2.21. The van der Waals surface area contributed by atoms with Crippen LogP contribution in [-0.2, 0) is 7.05 Å². The Morgan fingerprint density at radius 1 is 1.56 bits per heavy atom. The Balaban J connectivity index is 1.83. The van der Waals surface area contributed by atoms with Crippen molar-refractivity contribution in [2.24, 2.45) is 13.0 Å². The first-order valence-corrected chi connectivity index (χ1v) is 5.75. The van der Waals surface area contributed by atoms with Gasteiger partial charge in [0.15, 0.2) is 0 Å². The number of hydrogen-bond acceptors (Lipinski definition) is 3. The molecule has 2 saturated heterocycles.